The molecule has 2 aliphatic rings. The van der Waals surface area contributed by atoms with Crippen LogP contribution >= 0.6 is 39.5 Å². The molecule has 0 unspecified atom stereocenters. The molecule has 2 heterocycles. The van der Waals surface area contributed by atoms with E-state index < -0.39 is 0 Å². The predicted octanol–water partition coefficient (Wildman–Crippen LogP) is 6.47. The highest BCUT2D eigenvalue weighted by molar-refractivity contribution is 9.10. The van der Waals surface area contributed by atoms with E-state index >= 15 is 0 Å². The molecular formula is C26H26BrN3O2S2. The van der Waals surface area contributed by atoms with Crippen LogP contribution in [0.3, 0.4) is 0 Å². The van der Waals surface area contributed by atoms with Gasteiger partial charge in [-0.2, -0.15) is 0 Å². The Morgan fingerprint density at radius 3 is 2.62 bits per heavy atom. The molecule has 1 aliphatic heterocycles. The maximum absolute atomic E-state index is 13.8. The summed E-state index contributed by atoms with van der Waals surface area (Å²) < 4.78 is 2.69. The quantitative estimate of drug-likeness (QED) is 0.222. The Balaban J connectivity index is 1.45. The number of benzene rings is 2. The van der Waals surface area contributed by atoms with Crippen LogP contribution < -0.4 is 10.9 Å². The van der Waals surface area contributed by atoms with Crippen molar-refractivity contribution in [2.24, 2.45) is 0 Å². The van der Waals surface area contributed by atoms with Gasteiger partial charge in [0.2, 0.25) is 5.91 Å². The number of nitrogens with one attached hydrogen (secondary N) is 1. The predicted molar refractivity (Wildman–Crippen MR) is 144 cm³/mol. The maximum atomic E-state index is 13.8. The molecule has 3 aromatic rings. The molecule has 5 rings (SSSR count). The number of halogens is 1. The lowest BCUT2D eigenvalue weighted by molar-refractivity contribution is -0.113. The second-order valence-electron chi connectivity index (χ2n) is 8.89. The third-order valence-electron chi connectivity index (χ3n) is 6.50. The van der Waals surface area contributed by atoms with Crippen LogP contribution in [0.15, 0.2) is 61.9 Å². The van der Waals surface area contributed by atoms with E-state index in [1.54, 1.807) is 16.3 Å². The Hall–Kier alpha value is -2.03. The van der Waals surface area contributed by atoms with Crippen molar-refractivity contribution in [2.45, 2.75) is 60.9 Å². The number of anilines is 1. The van der Waals surface area contributed by atoms with Crippen LogP contribution in [0.5, 0.6) is 0 Å². The molecule has 34 heavy (non-hydrogen) atoms. The molecule has 8 heteroatoms. The van der Waals surface area contributed by atoms with E-state index in [-0.39, 0.29) is 23.1 Å². The van der Waals surface area contributed by atoms with Gasteiger partial charge < -0.3 is 5.32 Å². The van der Waals surface area contributed by atoms with Crippen molar-refractivity contribution in [3.05, 3.63) is 74.0 Å². The van der Waals surface area contributed by atoms with Crippen LogP contribution in [0.4, 0.5) is 5.69 Å². The highest BCUT2D eigenvalue weighted by Crippen LogP contribution is 2.50. The molecule has 1 N–H and O–H groups in total. The van der Waals surface area contributed by atoms with Crippen LogP contribution in [0.25, 0.3) is 5.69 Å². The molecule has 0 saturated heterocycles. The van der Waals surface area contributed by atoms with Gasteiger partial charge in [-0.15, -0.1) is 11.8 Å². The number of hydrogen-bond donors (Lipinski definition) is 1. The first-order valence-electron chi connectivity index (χ1n) is 11.5. The molecule has 0 bridgehead atoms. The van der Waals surface area contributed by atoms with Gasteiger partial charge in [0.1, 0.15) is 5.03 Å². The molecule has 1 saturated carbocycles. The third-order valence-corrected chi connectivity index (χ3v) is 9.30. The molecule has 1 aromatic heterocycles. The Labute approximate surface area is 216 Å². The lowest BCUT2D eigenvalue weighted by Gasteiger charge is -2.24. The fourth-order valence-corrected chi connectivity index (χ4v) is 7.99. The van der Waals surface area contributed by atoms with E-state index in [9.17, 15) is 9.59 Å². The minimum Gasteiger partial charge on any atom is -0.325 e. The van der Waals surface area contributed by atoms with Crippen LogP contribution in [-0.2, 0) is 4.79 Å². The summed E-state index contributed by atoms with van der Waals surface area (Å²) in [6, 6.07) is 13.6. The van der Waals surface area contributed by atoms with Crippen molar-refractivity contribution in [2.75, 3.05) is 11.1 Å². The smallest absolute Gasteiger partial charge is 0.263 e. The number of nitrogens with zero attached hydrogens (tertiary/aromatic N) is 2. The zero-order chi connectivity index (χ0) is 23.8. The monoisotopic (exact) mass is 555 g/mol. The van der Waals surface area contributed by atoms with Crippen LogP contribution in [0.2, 0.25) is 0 Å². The molecule has 1 fully saturated rings. The summed E-state index contributed by atoms with van der Waals surface area (Å²) in [4.78, 5) is 31.6. The number of carbonyl (C=O) groups excluding carboxylic acids is 1. The number of thioether (sulfide) groups is 2. The number of fused-ring (bicyclic) bond motifs is 3. The molecule has 1 amide bonds. The summed E-state index contributed by atoms with van der Waals surface area (Å²) in [7, 11) is 0. The number of amides is 1. The number of para-hydroxylation sites is 1. The second-order valence-corrected chi connectivity index (χ2v) is 12.0. The number of aryl methyl sites for hydroxylation is 2. The maximum Gasteiger partial charge on any atom is 0.263 e. The Kier molecular flexibility index (Phi) is 6.91. The average molecular weight is 557 g/mol. The van der Waals surface area contributed by atoms with Crippen LogP contribution in [0.1, 0.15) is 48.3 Å². The minimum absolute atomic E-state index is 0.0145. The van der Waals surface area contributed by atoms with Gasteiger partial charge >= 0.3 is 0 Å². The van der Waals surface area contributed by atoms with E-state index in [1.165, 1.54) is 18.2 Å². The highest BCUT2D eigenvalue weighted by Gasteiger charge is 2.39. The van der Waals surface area contributed by atoms with E-state index in [0.29, 0.717) is 10.4 Å². The van der Waals surface area contributed by atoms with Gasteiger partial charge in [0.15, 0.2) is 5.16 Å². The van der Waals surface area contributed by atoms with Crippen molar-refractivity contribution in [1.82, 2.24) is 9.55 Å². The topological polar surface area (TPSA) is 64.0 Å². The van der Waals surface area contributed by atoms with Gasteiger partial charge in [-0.3, -0.25) is 14.2 Å². The van der Waals surface area contributed by atoms with Gasteiger partial charge in [0.05, 0.1) is 17.0 Å². The number of hydrogen-bond acceptors (Lipinski definition) is 5. The molecule has 2 atom stereocenters. The van der Waals surface area contributed by atoms with E-state index in [1.807, 2.05) is 56.3 Å². The normalized spacial score (nSPS) is 18.9. The minimum atomic E-state index is -0.116. The van der Waals surface area contributed by atoms with Crippen molar-refractivity contribution < 1.29 is 4.79 Å². The molecule has 2 aromatic carbocycles. The van der Waals surface area contributed by atoms with Gasteiger partial charge in [-0.25, -0.2) is 4.98 Å². The molecule has 5 nitrogen and oxygen atoms in total. The first kappa shape index (κ1) is 23.7. The van der Waals surface area contributed by atoms with E-state index in [4.69, 9.17) is 4.98 Å². The number of carbonyl (C=O) groups is 1. The summed E-state index contributed by atoms with van der Waals surface area (Å²) in [6.45, 7) is 3.96. The summed E-state index contributed by atoms with van der Waals surface area (Å²) in [5.41, 5.74) is 4.50. The fourth-order valence-electron chi connectivity index (χ4n) is 4.93. The third kappa shape index (κ3) is 4.60. The summed E-state index contributed by atoms with van der Waals surface area (Å²) in [6.07, 6.45) is 4.56. The summed E-state index contributed by atoms with van der Waals surface area (Å²) >= 11 is 6.57. The first-order chi connectivity index (χ1) is 16.4. The Bertz CT molecular complexity index is 1290. The van der Waals surface area contributed by atoms with E-state index in [0.717, 1.165) is 56.8 Å². The van der Waals surface area contributed by atoms with Gasteiger partial charge in [0, 0.05) is 21.3 Å². The van der Waals surface area contributed by atoms with Crippen molar-refractivity contribution in [1.29, 1.82) is 0 Å². The van der Waals surface area contributed by atoms with Crippen LogP contribution in [-0.4, -0.2) is 26.5 Å². The average Bonchev–Trinajstić information content (AvgIpc) is 3.19. The molecular weight excluding hydrogens is 530 g/mol. The van der Waals surface area contributed by atoms with Crippen molar-refractivity contribution >= 4 is 51.0 Å². The number of rotatable bonds is 5. The zero-order valence-electron chi connectivity index (χ0n) is 19.1. The zero-order valence-corrected chi connectivity index (χ0v) is 22.4. The summed E-state index contributed by atoms with van der Waals surface area (Å²) in [5.74, 6) is 0.341. The molecule has 1 aliphatic carbocycles. The molecule has 0 radical (unpaired) electrons. The highest BCUT2D eigenvalue weighted by atomic mass is 79.9. The van der Waals surface area contributed by atoms with E-state index in [2.05, 4.69) is 21.2 Å². The van der Waals surface area contributed by atoms with Gasteiger partial charge in [-0.05, 0) is 62.1 Å². The lowest BCUT2D eigenvalue weighted by Crippen LogP contribution is -2.29. The van der Waals surface area contributed by atoms with Crippen molar-refractivity contribution in [3.8, 4) is 5.69 Å². The van der Waals surface area contributed by atoms with Gasteiger partial charge in [-0.1, -0.05) is 58.7 Å². The van der Waals surface area contributed by atoms with Crippen LogP contribution in [0, 0.1) is 13.8 Å². The standard InChI is InChI=1S/C26H26BrN3O2S2/c1-15-12-17(27)13-16(2)23(15)28-21(31)14-33-26-29-24-22(19-10-6-7-11-20(19)34-24)25(32)30(26)18-8-4-3-5-9-18/h3-5,8-9,12-13,19-20H,6-7,10-11,14H2,1-2H3,(H,28,31)/t19-,20+/m1/s1. The Morgan fingerprint density at radius 2 is 1.88 bits per heavy atom. The lowest BCUT2D eigenvalue weighted by atomic mass is 9.85. The second kappa shape index (κ2) is 9.91. The SMILES string of the molecule is Cc1cc(Br)cc(C)c1NC(=O)CSc1nc2c(c(=O)n1-c1ccccc1)[C@@H]1CCCC[C@@H]1S2. The summed E-state index contributed by atoms with van der Waals surface area (Å²) in [5, 5.41) is 4.91. The first-order valence-corrected chi connectivity index (χ1v) is 14.2. The fraction of sp³-hybridized carbons (Fsp3) is 0.346. The van der Waals surface area contributed by atoms with Crippen molar-refractivity contribution in [3.63, 3.8) is 0 Å². The molecule has 176 valence electrons. The largest absolute Gasteiger partial charge is 0.325 e. The Morgan fingerprint density at radius 1 is 1.18 bits per heavy atom. The number of aromatic nitrogens is 2. The van der Waals surface area contributed by atoms with Gasteiger partial charge in [0.25, 0.3) is 5.56 Å². The molecule has 0 spiro atoms.